The third-order valence-electron chi connectivity index (χ3n) is 3.02. The second kappa shape index (κ2) is 5.64. The molecular weight excluding hydrogens is 210 g/mol. The van der Waals surface area contributed by atoms with Crippen LogP contribution in [0.15, 0.2) is 42.6 Å². The Morgan fingerprint density at radius 3 is 2.71 bits per heavy atom. The molecule has 17 heavy (non-hydrogen) atoms. The van der Waals surface area contributed by atoms with E-state index in [9.17, 15) is 0 Å². The van der Waals surface area contributed by atoms with E-state index in [2.05, 4.69) is 30.2 Å². The molecule has 1 aromatic carbocycles. The Morgan fingerprint density at radius 1 is 1.24 bits per heavy atom. The van der Waals surface area contributed by atoms with E-state index in [0.29, 0.717) is 0 Å². The molecule has 1 atom stereocenters. The zero-order valence-corrected chi connectivity index (χ0v) is 10.2. The van der Waals surface area contributed by atoms with E-state index in [0.717, 1.165) is 24.9 Å². The Labute approximate surface area is 102 Å². The van der Waals surface area contributed by atoms with Crippen LogP contribution < -0.4 is 5.73 Å². The van der Waals surface area contributed by atoms with Gasteiger partial charge >= 0.3 is 0 Å². The van der Waals surface area contributed by atoms with Gasteiger partial charge in [-0.15, -0.1) is 0 Å². The first kappa shape index (κ1) is 11.9. The van der Waals surface area contributed by atoms with Gasteiger partial charge in [0.2, 0.25) is 0 Å². The molecule has 2 N–H and O–H groups in total. The maximum atomic E-state index is 5.95. The average molecular weight is 229 g/mol. The lowest BCUT2D eigenvalue weighted by Crippen LogP contribution is -2.19. The number of rotatable bonds is 5. The highest BCUT2D eigenvalue weighted by atomic mass is 15.3. The molecule has 1 aromatic heterocycles. The second-order valence-corrected chi connectivity index (χ2v) is 4.28. The van der Waals surface area contributed by atoms with E-state index in [-0.39, 0.29) is 6.04 Å². The average Bonchev–Trinajstić information content (AvgIpc) is 2.85. The summed E-state index contributed by atoms with van der Waals surface area (Å²) >= 11 is 0. The monoisotopic (exact) mass is 229 g/mol. The van der Waals surface area contributed by atoms with Gasteiger partial charge in [-0.05, 0) is 37.5 Å². The summed E-state index contributed by atoms with van der Waals surface area (Å²) in [6.07, 6.45) is 4.86. The third kappa shape index (κ3) is 2.94. The minimum absolute atomic E-state index is 0.286. The summed E-state index contributed by atoms with van der Waals surface area (Å²) in [4.78, 5) is 0. The number of nitrogens with two attached hydrogens (primary N) is 1. The standard InChI is InChI=1S/C14H19N3/c1-2-12(15)8-9-14-10-11-16-17(14)13-6-4-3-5-7-13/h3-7,10-12H,2,8-9,15H2,1H3. The van der Waals surface area contributed by atoms with E-state index in [4.69, 9.17) is 5.73 Å². The molecule has 2 rings (SSSR count). The van der Waals surface area contributed by atoms with Crippen LogP contribution in [0.5, 0.6) is 0 Å². The van der Waals surface area contributed by atoms with Crippen molar-refractivity contribution in [1.82, 2.24) is 9.78 Å². The van der Waals surface area contributed by atoms with Crippen LogP contribution in [-0.2, 0) is 6.42 Å². The van der Waals surface area contributed by atoms with Crippen molar-refractivity contribution in [1.29, 1.82) is 0 Å². The van der Waals surface area contributed by atoms with Gasteiger partial charge in [-0.3, -0.25) is 0 Å². The van der Waals surface area contributed by atoms with Gasteiger partial charge < -0.3 is 5.73 Å². The lowest BCUT2D eigenvalue weighted by Gasteiger charge is -2.10. The SMILES string of the molecule is CCC(N)CCc1ccnn1-c1ccccc1. The first-order valence-corrected chi connectivity index (χ1v) is 6.15. The topological polar surface area (TPSA) is 43.8 Å². The number of benzene rings is 1. The fourth-order valence-corrected chi connectivity index (χ4v) is 1.86. The van der Waals surface area contributed by atoms with Gasteiger partial charge in [-0.25, -0.2) is 4.68 Å². The Kier molecular flexibility index (Phi) is 3.94. The number of hydrogen-bond acceptors (Lipinski definition) is 2. The molecule has 90 valence electrons. The Hall–Kier alpha value is -1.61. The Morgan fingerprint density at radius 2 is 2.00 bits per heavy atom. The highest BCUT2D eigenvalue weighted by Crippen LogP contribution is 2.12. The lowest BCUT2D eigenvalue weighted by molar-refractivity contribution is 0.584. The normalized spacial score (nSPS) is 12.6. The first-order chi connectivity index (χ1) is 8.31. The fourth-order valence-electron chi connectivity index (χ4n) is 1.86. The van der Waals surface area contributed by atoms with E-state index >= 15 is 0 Å². The number of hydrogen-bond donors (Lipinski definition) is 1. The highest BCUT2D eigenvalue weighted by molar-refractivity contribution is 5.32. The van der Waals surface area contributed by atoms with Crippen molar-refractivity contribution < 1.29 is 0 Å². The van der Waals surface area contributed by atoms with Crippen LogP contribution in [0.2, 0.25) is 0 Å². The van der Waals surface area contributed by atoms with E-state index in [1.54, 1.807) is 0 Å². The molecule has 0 aliphatic carbocycles. The highest BCUT2D eigenvalue weighted by Gasteiger charge is 2.06. The van der Waals surface area contributed by atoms with Gasteiger partial charge in [0, 0.05) is 17.9 Å². The van der Waals surface area contributed by atoms with Gasteiger partial charge in [0.1, 0.15) is 0 Å². The van der Waals surface area contributed by atoms with Crippen LogP contribution in [0, 0.1) is 0 Å². The minimum Gasteiger partial charge on any atom is -0.328 e. The summed E-state index contributed by atoms with van der Waals surface area (Å²) in [5.41, 5.74) is 8.28. The summed E-state index contributed by atoms with van der Waals surface area (Å²) in [6.45, 7) is 2.12. The molecule has 3 heteroatoms. The largest absolute Gasteiger partial charge is 0.328 e. The van der Waals surface area contributed by atoms with Crippen molar-refractivity contribution in [3.05, 3.63) is 48.3 Å². The van der Waals surface area contributed by atoms with Crippen molar-refractivity contribution in [2.45, 2.75) is 32.2 Å². The summed E-state index contributed by atoms with van der Waals surface area (Å²) in [6, 6.07) is 12.5. The van der Waals surface area contributed by atoms with Gasteiger partial charge in [0.05, 0.1) is 5.69 Å². The third-order valence-corrected chi connectivity index (χ3v) is 3.02. The molecule has 0 amide bonds. The maximum Gasteiger partial charge on any atom is 0.0648 e. The Bertz CT molecular complexity index is 448. The summed E-state index contributed by atoms with van der Waals surface area (Å²) in [7, 11) is 0. The van der Waals surface area contributed by atoms with Crippen molar-refractivity contribution >= 4 is 0 Å². The predicted molar refractivity (Wildman–Crippen MR) is 70.2 cm³/mol. The second-order valence-electron chi connectivity index (χ2n) is 4.28. The van der Waals surface area contributed by atoms with Crippen molar-refractivity contribution in [2.24, 2.45) is 5.73 Å². The zero-order valence-electron chi connectivity index (χ0n) is 10.2. The van der Waals surface area contributed by atoms with E-state index < -0.39 is 0 Å². The molecule has 0 saturated heterocycles. The van der Waals surface area contributed by atoms with Gasteiger partial charge in [-0.2, -0.15) is 5.10 Å². The molecule has 3 nitrogen and oxygen atoms in total. The van der Waals surface area contributed by atoms with Crippen LogP contribution in [-0.4, -0.2) is 15.8 Å². The molecule has 2 aromatic rings. The predicted octanol–water partition coefficient (Wildman–Crippen LogP) is 2.54. The van der Waals surface area contributed by atoms with Gasteiger partial charge in [0.15, 0.2) is 0 Å². The molecule has 0 fully saturated rings. The summed E-state index contributed by atoms with van der Waals surface area (Å²) in [5.74, 6) is 0. The van der Waals surface area contributed by atoms with E-state index in [1.165, 1.54) is 5.69 Å². The smallest absolute Gasteiger partial charge is 0.0648 e. The summed E-state index contributed by atoms with van der Waals surface area (Å²) in [5, 5.41) is 4.37. The van der Waals surface area contributed by atoms with Crippen molar-refractivity contribution in [2.75, 3.05) is 0 Å². The van der Waals surface area contributed by atoms with Gasteiger partial charge in [-0.1, -0.05) is 25.1 Å². The van der Waals surface area contributed by atoms with Crippen molar-refractivity contribution in [3.8, 4) is 5.69 Å². The number of para-hydroxylation sites is 1. The maximum absolute atomic E-state index is 5.95. The number of aryl methyl sites for hydroxylation is 1. The molecule has 0 aliphatic rings. The molecule has 0 saturated carbocycles. The van der Waals surface area contributed by atoms with Crippen LogP contribution in [0.4, 0.5) is 0 Å². The molecule has 0 spiro atoms. The van der Waals surface area contributed by atoms with E-state index in [1.807, 2.05) is 29.1 Å². The molecule has 0 bridgehead atoms. The van der Waals surface area contributed by atoms with Crippen LogP contribution >= 0.6 is 0 Å². The summed E-state index contributed by atoms with van der Waals surface area (Å²) < 4.78 is 1.99. The number of aromatic nitrogens is 2. The minimum atomic E-state index is 0.286. The van der Waals surface area contributed by atoms with Gasteiger partial charge in [0.25, 0.3) is 0 Å². The lowest BCUT2D eigenvalue weighted by atomic mass is 10.1. The molecule has 1 unspecified atom stereocenters. The van der Waals surface area contributed by atoms with Crippen LogP contribution in [0.3, 0.4) is 0 Å². The van der Waals surface area contributed by atoms with Crippen molar-refractivity contribution in [3.63, 3.8) is 0 Å². The van der Waals surface area contributed by atoms with Crippen LogP contribution in [0.25, 0.3) is 5.69 Å². The zero-order chi connectivity index (χ0) is 12.1. The Balaban J connectivity index is 2.12. The molecule has 1 heterocycles. The first-order valence-electron chi connectivity index (χ1n) is 6.15. The molecule has 0 radical (unpaired) electrons. The quantitative estimate of drug-likeness (QED) is 0.856. The van der Waals surface area contributed by atoms with Crippen LogP contribution in [0.1, 0.15) is 25.5 Å². The molecular formula is C14H19N3. The number of nitrogens with zero attached hydrogens (tertiary/aromatic N) is 2. The molecule has 0 aliphatic heterocycles. The fraction of sp³-hybridized carbons (Fsp3) is 0.357.